The Labute approximate surface area is 302 Å². The van der Waals surface area contributed by atoms with Crippen LogP contribution in [0.4, 0.5) is 34.1 Å². The highest BCUT2D eigenvalue weighted by atomic mass is 16.3. The van der Waals surface area contributed by atoms with Crippen LogP contribution in [-0.2, 0) is 0 Å². The Bertz CT molecular complexity index is 2810. The van der Waals surface area contributed by atoms with Gasteiger partial charge in [-0.2, -0.15) is 0 Å². The summed E-state index contributed by atoms with van der Waals surface area (Å²) in [5, 5.41) is 2.29. The molecule has 0 saturated carbocycles. The fourth-order valence-corrected chi connectivity index (χ4v) is 8.67. The highest BCUT2D eigenvalue weighted by molar-refractivity contribution is 7.00. The number of fused-ring (bicyclic) bond motifs is 7. The SMILES string of the molecule is c1ccc(N2c3ccccc3B3c4cccc(-c5ccc(-c6cccc7c6oc6ccccc67)cc5)c4N(c4ccccc4)c4cccc2c43)cc1. The molecule has 2 aliphatic rings. The molecule has 2 aliphatic heterocycles. The second-order valence-electron chi connectivity index (χ2n) is 13.6. The highest BCUT2D eigenvalue weighted by Crippen LogP contribution is 2.46. The third-order valence-corrected chi connectivity index (χ3v) is 10.9. The molecule has 0 N–H and O–H groups in total. The lowest BCUT2D eigenvalue weighted by Crippen LogP contribution is -2.61. The van der Waals surface area contributed by atoms with Crippen LogP contribution in [0.5, 0.6) is 0 Å². The summed E-state index contributed by atoms with van der Waals surface area (Å²) < 4.78 is 6.42. The molecule has 0 amide bonds. The Hall–Kier alpha value is -6.78. The van der Waals surface area contributed by atoms with E-state index >= 15 is 0 Å². The second kappa shape index (κ2) is 11.4. The minimum Gasteiger partial charge on any atom is -0.455 e. The van der Waals surface area contributed by atoms with Crippen LogP contribution in [0.15, 0.2) is 192 Å². The van der Waals surface area contributed by atoms with Gasteiger partial charge in [-0.3, -0.25) is 0 Å². The summed E-state index contributed by atoms with van der Waals surface area (Å²) in [4.78, 5) is 4.92. The minimum atomic E-state index is 0.0715. The maximum Gasteiger partial charge on any atom is 0.252 e. The van der Waals surface area contributed by atoms with Crippen molar-refractivity contribution >= 4 is 79.2 Å². The molecule has 0 bridgehead atoms. The Morgan fingerprint density at radius 2 is 0.923 bits per heavy atom. The molecule has 11 rings (SSSR count). The molecule has 8 aromatic carbocycles. The summed E-state index contributed by atoms with van der Waals surface area (Å²) in [6.07, 6.45) is 0. The van der Waals surface area contributed by atoms with Gasteiger partial charge in [0.25, 0.3) is 6.71 Å². The molecule has 9 aromatic rings. The average Bonchev–Trinajstić information content (AvgIpc) is 3.60. The molecular formula is C48H31BN2O. The monoisotopic (exact) mass is 662 g/mol. The van der Waals surface area contributed by atoms with Gasteiger partial charge < -0.3 is 14.2 Å². The zero-order chi connectivity index (χ0) is 34.2. The first kappa shape index (κ1) is 29.0. The van der Waals surface area contributed by atoms with Crippen LogP contribution < -0.4 is 26.2 Å². The van der Waals surface area contributed by atoms with E-state index in [-0.39, 0.29) is 6.71 Å². The zero-order valence-corrected chi connectivity index (χ0v) is 28.3. The van der Waals surface area contributed by atoms with E-state index in [4.69, 9.17) is 4.42 Å². The van der Waals surface area contributed by atoms with Crippen LogP contribution in [-0.4, -0.2) is 6.71 Å². The summed E-state index contributed by atoms with van der Waals surface area (Å²) in [5.41, 5.74) is 17.6. The van der Waals surface area contributed by atoms with Gasteiger partial charge in [-0.15, -0.1) is 0 Å². The molecule has 0 aliphatic carbocycles. The molecule has 4 heteroatoms. The predicted octanol–water partition coefficient (Wildman–Crippen LogP) is 11.0. The number of rotatable bonds is 4. The van der Waals surface area contributed by atoms with Crippen molar-refractivity contribution in [1.82, 2.24) is 0 Å². The van der Waals surface area contributed by atoms with Crippen molar-refractivity contribution in [3.8, 4) is 22.3 Å². The van der Waals surface area contributed by atoms with Crippen LogP contribution in [0, 0.1) is 0 Å². The van der Waals surface area contributed by atoms with Crippen LogP contribution in [0.1, 0.15) is 0 Å². The molecule has 0 radical (unpaired) electrons. The quantitative estimate of drug-likeness (QED) is 0.175. The van der Waals surface area contributed by atoms with Gasteiger partial charge in [0.1, 0.15) is 11.2 Å². The largest absolute Gasteiger partial charge is 0.455 e. The Morgan fingerprint density at radius 1 is 0.385 bits per heavy atom. The van der Waals surface area contributed by atoms with E-state index in [1.165, 1.54) is 50.3 Å². The van der Waals surface area contributed by atoms with Crippen molar-refractivity contribution in [2.75, 3.05) is 9.80 Å². The smallest absolute Gasteiger partial charge is 0.252 e. The molecule has 0 spiro atoms. The number of furan rings is 1. The summed E-state index contributed by atoms with van der Waals surface area (Å²) in [5.74, 6) is 0. The predicted molar refractivity (Wildman–Crippen MR) is 219 cm³/mol. The topological polar surface area (TPSA) is 19.6 Å². The third kappa shape index (κ3) is 4.21. The van der Waals surface area contributed by atoms with Gasteiger partial charge in [0.2, 0.25) is 0 Å². The maximum atomic E-state index is 6.42. The summed E-state index contributed by atoms with van der Waals surface area (Å²) >= 11 is 0. The summed E-state index contributed by atoms with van der Waals surface area (Å²) in [6, 6.07) is 67.9. The van der Waals surface area contributed by atoms with Crippen molar-refractivity contribution in [2.45, 2.75) is 0 Å². The van der Waals surface area contributed by atoms with Crippen LogP contribution in [0.2, 0.25) is 0 Å². The molecule has 1 aromatic heterocycles. The fraction of sp³-hybridized carbons (Fsp3) is 0. The first-order valence-electron chi connectivity index (χ1n) is 17.9. The van der Waals surface area contributed by atoms with Crippen LogP contribution in [0.3, 0.4) is 0 Å². The second-order valence-corrected chi connectivity index (χ2v) is 13.6. The van der Waals surface area contributed by atoms with Crippen molar-refractivity contribution in [3.63, 3.8) is 0 Å². The Morgan fingerprint density at radius 3 is 1.71 bits per heavy atom. The lowest BCUT2D eigenvalue weighted by Gasteiger charge is -2.44. The third-order valence-electron chi connectivity index (χ3n) is 10.9. The van der Waals surface area contributed by atoms with E-state index in [1.807, 2.05) is 12.1 Å². The van der Waals surface area contributed by atoms with Gasteiger partial charge in [0, 0.05) is 56.0 Å². The van der Waals surface area contributed by atoms with Gasteiger partial charge in [0.05, 0.1) is 0 Å². The van der Waals surface area contributed by atoms with Gasteiger partial charge >= 0.3 is 0 Å². The fourth-order valence-electron chi connectivity index (χ4n) is 8.67. The average molecular weight is 663 g/mol. The minimum absolute atomic E-state index is 0.0715. The van der Waals surface area contributed by atoms with Gasteiger partial charge in [0.15, 0.2) is 0 Å². The molecule has 52 heavy (non-hydrogen) atoms. The first-order valence-corrected chi connectivity index (χ1v) is 17.9. The van der Waals surface area contributed by atoms with Crippen LogP contribution in [0.25, 0.3) is 44.2 Å². The van der Waals surface area contributed by atoms with E-state index in [9.17, 15) is 0 Å². The Balaban J connectivity index is 1.12. The Kier molecular flexibility index (Phi) is 6.35. The van der Waals surface area contributed by atoms with Crippen molar-refractivity contribution in [3.05, 3.63) is 188 Å². The number of para-hydroxylation sites is 6. The molecule has 0 fully saturated rings. The van der Waals surface area contributed by atoms with Crippen LogP contribution >= 0.6 is 0 Å². The van der Waals surface area contributed by atoms with Gasteiger partial charge in [-0.1, -0.05) is 140 Å². The molecule has 3 heterocycles. The number of hydrogen-bond donors (Lipinski definition) is 0. The molecule has 3 nitrogen and oxygen atoms in total. The van der Waals surface area contributed by atoms with E-state index < -0.39 is 0 Å². The molecule has 0 atom stereocenters. The van der Waals surface area contributed by atoms with E-state index in [0.717, 1.165) is 44.4 Å². The maximum absolute atomic E-state index is 6.42. The lowest BCUT2D eigenvalue weighted by atomic mass is 9.33. The number of benzene rings is 8. The normalized spacial score (nSPS) is 12.9. The number of hydrogen-bond acceptors (Lipinski definition) is 3. The van der Waals surface area contributed by atoms with Gasteiger partial charge in [-0.25, -0.2) is 0 Å². The molecular weight excluding hydrogens is 631 g/mol. The van der Waals surface area contributed by atoms with Crippen molar-refractivity contribution < 1.29 is 4.42 Å². The zero-order valence-electron chi connectivity index (χ0n) is 28.3. The molecule has 242 valence electrons. The lowest BCUT2D eigenvalue weighted by molar-refractivity contribution is 0.670. The van der Waals surface area contributed by atoms with E-state index in [1.54, 1.807) is 0 Å². The standard InChI is InChI=1S/C48H31BN2O/c1-3-14-34(15-4-1)50-42-24-9-8-22-40(42)49-41-23-12-19-36(47(41)51(35-16-5-2-6-17-35)44-26-13-25-43(50)46(44)49)32-28-30-33(31-29-32)37-20-11-21-39-38-18-7-10-27-45(38)52-48(37)39/h1-31H. The van der Waals surface area contributed by atoms with Crippen molar-refractivity contribution in [1.29, 1.82) is 0 Å². The van der Waals surface area contributed by atoms with E-state index in [2.05, 4.69) is 186 Å². The summed E-state index contributed by atoms with van der Waals surface area (Å²) in [7, 11) is 0. The summed E-state index contributed by atoms with van der Waals surface area (Å²) in [6.45, 7) is 0.0715. The number of nitrogens with zero attached hydrogens (tertiary/aromatic N) is 2. The highest BCUT2D eigenvalue weighted by Gasteiger charge is 2.43. The van der Waals surface area contributed by atoms with Gasteiger partial charge in [-0.05, 0) is 76.0 Å². The van der Waals surface area contributed by atoms with Crippen molar-refractivity contribution in [2.24, 2.45) is 0 Å². The molecule has 0 unspecified atom stereocenters. The molecule has 0 saturated heterocycles. The van der Waals surface area contributed by atoms with E-state index in [0.29, 0.717) is 0 Å². The first-order chi connectivity index (χ1) is 25.8. The number of anilines is 6.